The van der Waals surface area contributed by atoms with Gasteiger partial charge in [-0.25, -0.2) is 4.98 Å². The van der Waals surface area contributed by atoms with Crippen LogP contribution in [-0.2, 0) is 0 Å². The number of hydrogen-bond acceptors (Lipinski definition) is 3. The zero-order valence-electron chi connectivity index (χ0n) is 8.53. The maximum Gasteiger partial charge on any atom is 0.123 e. The van der Waals surface area contributed by atoms with E-state index in [2.05, 4.69) is 17.2 Å². The highest BCUT2D eigenvalue weighted by Crippen LogP contribution is 2.33. The maximum atomic E-state index is 5.51. The molecular weight excluding hydrogens is 174 g/mol. The predicted octanol–water partition coefficient (Wildman–Crippen LogP) is 2.26. The molecule has 3 heteroatoms. The first-order valence-electron chi connectivity index (χ1n) is 5.22. The summed E-state index contributed by atoms with van der Waals surface area (Å²) in [5.41, 5.74) is 6.57. The number of hydrogen-bond donors (Lipinski definition) is 2. The summed E-state index contributed by atoms with van der Waals surface area (Å²) in [5.74, 6) is 1.53. The molecule has 1 aromatic heterocycles. The van der Waals surface area contributed by atoms with Crippen molar-refractivity contribution >= 4 is 11.5 Å². The molecule has 1 atom stereocenters. The number of nitrogens with zero attached hydrogens (tertiary/aromatic N) is 1. The van der Waals surface area contributed by atoms with Crippen LogP contribution in [0.1, 0.15) is 26.2 Å². The minimum Gasteiger partial charge on any atom is -0.384 e. The molecular formula is C11H17N3. The van der Waals surface area contributed by atoms with Gasteiger partial charge in [-0.05, 0) is 31.4 Å². The largest absolute Gasteiger partial charge is 0.384 e. The van der Waals surface area contributed by atoms with E-state index >= 15 is 0 Å². The Labute approximate surface area is 84.7 Å². The van der Waals surface area contributed by atoms with E-state index in [1.54, 1.807) is 6.20 Å². The fourth-order valence-electron chi connectivity index (χ4n) is 1.69. The molecule has 1 aromatic rings. The third-order valence-electron chi connectivity index (χ3n) is 2.58. The van der Waals surface area contributed by atoms with Crippen molar-refractivity contribution in [2.45, 2.75) is 32.2 Å². The SMILES string of the molecule is CC(CC1CC1)Nc1ccc(N)nc1. The van der Waals surface area contributed by atoms with Crippen molar-refractivity contribution in [1.82, 2.24) is 4.98 Å². The monoisotopic (exact) mass is 191 g/mol. The first-order chi connectivity index (χ1) is 6.74. The molecule has 0 bridgehead atoms. The second-order valence-electron chi connectivity index (χ2n) is 4.20. The molecule has 2 rings (SSSR count). The Morgan fingerprint density at radius 3 is 2.93 bits per heavy atom. The predicted molar refractivity (Wildman–Crippen MR) is 59.1 cm³/mol. The van der Waals surface area contributed by atoms with Crippen molar-refractivity contribution in [3.63, 3.8) is 0 Å². The Bertz CT molecular complexity index is 290. The molecule has 76 valence electrons. The lowest BCUT2D eigenvalue weighted by Gasteiger charge is -2.14. The summed E-state index contributed by atoms with van der Waals surface area (Å²) in [5, 5.41) is 3.42. The number of nitrogens with two attached hydrogens (primary N) is 1. The lowest BCUT2D eigenvalue weighted by molar-refractivity contribution is 0.642. The van der Waals surface area contributed by atoms with Crippen LogP contribution >= 0.6 is 0 Å². The highest BCUT2D eigenvalue weighted by Gasteiger charge is 2.23. The molecule has 1 unspecified atom stereocenters. The average Bonchev–Trinajstić information content (AvgIpc) is 2.93. The van der Waals surface area contributed by atoms with Gasteiger partial charge in [-0.1, -0.05) is 12.8 Å². The van der Waals surface area contributed by atoms with E-state index in [1.165, 1.54) is 19.3 Å². The Hall–Kier alpha value is -1.25. The highest BCUT2D eigenvalue weighted by atomic mass is 14.9. The van der Waals surface area contributed by atoms with E-state index in [1.807, 2.05) is 12.1 Å². The molecule has 1 aliphatic rings. The minimum atomic E-state index is 0.535. The molecule has 1 aliphatic carbocycles. The number of rotatable bonds is 4. The van der Waals surface area contributed by atoms with Gasteiger partial charge >= 0.3 is 0 Å². The third kappa shape index (κ3) is 2.62. The van der Waals surface area contributed by atoms with Crippen LogP contribution in [0, 0.1) is 5.92 Å². The van der Waals surface area contributed by atoms with Crippen LogP contribution in [0.5, 0.6) is 0 Å². The quantitative estimate of drug-likeness (QED) is 0.767. The van der Waals surface area contributed by atoms with E-state index < -0.39 is 0 Å². The molecule has 0 spiro atoms. The Morgan fingerprint density at radius 2 is 2.36 bits per heavy atom. The van der Waals surface area contributed by atoms with Crippen LogP contribution in [0.4, 0.5) is 11.5 Å². The first kappa shape index (κ1) is 9.31. The zero-order valence-corrected chi connectivity index (χ0v) is 8.53. The van der Waals surface area contributed by atoms with Gasteiger partial charge < -0.3 is 11.1 Å². The van der Waals surface area contributed by atoms with Crippen molar-refractivity contribution in [2.24, 2.45) is 5.92 Å². The summed E-state index contributed by atoms with van der Waals surface area (Å²) in [7, 11) is 0. The molecule has 3 N–H and O–H groups in total. The van der Waals surface area contributed by atoms with Crippen molar-refractivity contribution < 1.29 is 0 Å². The van der Waals surface area contributed by atoms with Gasteiger partial charge in [-0.2, -0.15) is 0 Å². The first-order valence-corrected chi connectivity index (χ1v) is 5.22. The molecule has 0 aliphatic heterocycles. The molecule has 1 fully saturated rings. The second-order valence-corrected chi connectivity index (χ2v) is 4.20. The van der Waals surface area contributed by atoms with Gasteiger partial charge in [0, 0.05) is 6.04 Å². The molecule has 0 amide bonds. The summed E-state index contributed by atoms with van der Waals surface area (Å²) in [6.45, 7) is 2.22. The van der Waals surface area contributed by atoms with E-state index in [4.69, 9.17) is 5.73 Å². The van der Waals surface area contributed by atoms with Crippen LogP contribution in [0.15, 0.2) is 18.3 Å². The van der Waals surface area contributed by atoms with E-state index in [0.29, 0.717) is 11.9 Å². The lowest BCUT2D eigenvalue weighted by atomic mass is 10.1. The number of pyridine rings is 1. The van der Waals surface area contributed by atoms with Crippen LogP contribution < -0.4 is 11.1 Å². The summed E-state index contributed by atoms with van der Waals surface area (Å²) in [4.78, 5) is 4.04. The Kier molecular flexibility index (Phi) is 2.57. The second kappa shape index (κ2) is 3.86. The van der Waals surface area contributed by atoms with Crippen LogP contribution in [0.25, 0.3) is 0 Å². The van der Waals surface area contributed by atoms with Crippen LogP contribution in [-0.4, -0.2) is 11.0 Å². The van der Waals surface area contributed by atoms with Gasteiger partial charge in [0.15, 0.2) is 0 Å². The van der Waals surface area contributed by atoms with Crippen molar-refractivity contribution in [3.05, 3.63) is 18.3 Å². The van der Waals surface area contributed by atoms with Crippen molar-refractivity contribution in [3.8, 4) is 0 Å². The number of aromatic nitrogens is 1. The van der Waals surface area contributed by atoms with E-state index in [-0.39, 0.29) is 0 Å². The minimum absolute atomic E-state index is 0.535. The van der Waals surface area contributed by atoms with Crippen molar-refractivity contribution in [1.29, 1.82) is 0 Å². The molecule has 0 saturated heterocycles. The normalized spacial score (nSPS) is 17.8. The fourth-order valence-corrected chi connectivity index (χ4v) is 1.69. The summed E-state index contributed by atoms with van der Waals surface area (Å²) in [6.07, 6.45) is 5.88. The fraction of sp³-hybridized carbons (Fsp3) is 0.545. The smallest absolute Gasteiger partial charge is 0.123 e. The van der Waals surface area contributed by atoms with Gasteiger partial charge in [0.05, 0.1) is 11.9 Å². The van der Waals surface area contributed by atoms with Gasteiger partial charge in [0.2, 0.25) is 0 Å². The average molecular weight is 191 g/mol. The van der Waals surface area contributed by atoms with Gasteiger partial charge in [0.1, 0.15) is 5.82 Å². The number of nitrogen functional groups attached to an aromatic ring is 1. The number of anilines is 2. The summed E-state index contributed by atoms with van der Waals surface area (Å²) in [6, 6.07) is 4.34. The van der Waals surface area contributed by atoms with E-state index in [0.717, 1.165) is 11.6 Å². The Balaban J connectivity index is 1.85. The topological polar surface area (TPSA) is 50.9 Å². The van der Waals surface area contributed by atoms with Crippen LogP contribution in [0.2, 0.25) is 0 Å². The number of nitrogens with one attached hydrogen (secondary N) is 1. The highest BCUT2D eigenvalue weighted by molar-refractivity contribution is 5.45. The molecule has 0 radical (unpaired) electrons. The molecule has 14 heavy (non-hydrogen) atoms. The third-order valence-corrected chi connectivity index (χ3v) is 2.58. The standard InChI is InChI=1S/C11H17N3/c1-8(6-9-2-3-9)14-10-4-5-11(12)13-7-10/h4-5,7-9,14H,2-3,6H2,1H3,(H2,12,13). The summed E-state index contributed by atoms with van der Waals surface area (Å²) >= 11 is 0. The maximum absolute atomic E-state index is 5.51. The molecule has 3 nitrogen and oxygen atoms in total. The molecule has 1 saturated carbocycles. The molecule has 0 aromatic carbocycles. The van der Waals surface area contributed by atoms with Crippen LogP contribution in [0.3, 0.4) is 0 Å². The van der Waals surface area contributed by atoms with E-state index in [9.17, 15) is 0 Å². The van der Waals surface area contributed by atoms with Crippen molar-refractivity contribution in [2.75, 3.05) is 11.1 Å². The van der Waals surface area contributed by atoms with Gasteiger partial charge in [-0.15, -0.1) is 0 Å². The summed E-state index contributed by atoms with van der Waals surface area (Å²) < 4.78 is 0. The Morgan fingerprint density at radius 1 is 1.57 bits per heavy atom. The molecule has 1 heterocycles. The van der Waals surface area contributed by atoms with Gasteiger partial charge in [-0.3, -0.25) is 0 Å². The lowest BCUT2D eigenvalue weighted by Crippen LogP contribution is -2.15. The van der Waals surface area contributed by atoms with Gasteiger partial charge in [0.25, 0.3) is 0 Å². The zero-order chi connectivity index (χ0) is 9.97.